The van der Waals surface area contributed by atoms with Crippen LogP contribution in [0.4, 0.5) is 0 Å². The molecule has 92 valence electrons. The Kier molecular flexibility index (Phi) is 5.25. The van der Waals surface area contributed by atoms with E-state index in [-0.39, 0.29) is 5.91 Å². The van der Waals surface area contributed by atoms with Crippen molar-refractivity contribution in [3.63, 3.8) is 0 Å². The van der Waals surface area contributed by atoms with E-state index in [4.69, 9.17) is 5.21 Å². The van der Waals surface area contributed by atoms with Gasteiger partial charge in [-0.3, -0.25) is 4.79 Å². The molecule has 1 heterocycles. The summed E-state index contributed by atoms with van der Waals surface area (Å²) in [7, 11) is 1.66. The van der Waals surface area contributed by atoms with E-state index in [1.807, 2.05) is 0 Å². The van der Waals surface area contributed by atoms with Gasteiger partial charge in [0.25, 0.3) is 0 Å². The van der Waals surface area contributed by atoms with Crippen LogP contribution in [-0.4, -0.2) is 48.4 Å². The number of nitrogens with one attached hydrogen (secondary N) is 1. The first-order valence-electron chi connectivity index (χ1n) is 5.81. The van der Waals surface area contributed by atoms with Crippen LogP contribution in [0.1, 0.15) is 26.2 Å². The normalized spacial score (nSPS) is 24.6. The lowest BCUT2D eigenvalue weighted by molar-refractivity contribution is -0.120. The summed E-state index contributed by atoms with van der Waals surface area (Å²) in [4.78, 5) is 13.4. The molecule has 16 heavy (non-hydrogen) atoms. The standard InChI is InChI=1S/C11H21N3O2/c1-9-8-14(7-5-10(9)13-16)6-3-4-11(15)12-2/h9,16H,3-8H2,1-2H3,(H,12,15). The van der Waals surface area contributed by atoms with E-state index >= 15 is 0 Å². The fourth-order valence-corrected chi connectivity index (χ4v) is 2.04. The lowest BCUT2D eigenvalue weighted by atomic mass is 9.97. The summed E-state index contributed by atoms with van der Waals surface area (Å²) in [5.41, 5.74) is 0.891. The third-order valence-electron chi connectivity index (χ3n) is 3.07. The number of hydrogen-bond acceptors (Lipinski definition) is 4. The Labute approximate surface area is 96.5 Å². The van der Waals surface area contributed by atoms with Crippen LogP contribution >= 0.6 is 0 Å². The SMILES string of the molecule is CNC(=O)CCCN1CCC(=NO)C(C)C1. The molecule has 0 spiro atoms. The fourth-order valence-electron chi connectivity index (χ4n) is 2.04. The minimum Gasteiger partial charge on any atom is -0.411 e. The summed E-state index contributed by atoms with van der Waals surface area (Å²) in [6, 6.07) is 0. The number of rotatable bonds is 4. The number of amides is 1. The van der Waals surface area contributed by atoms with Crippen molar-refractivity contribution in [3.8, 4) is 0 Å². The van der Waals surface area contributed by atoms with Crippen LogP contribution < -0.4 is 5.32 Å². The third-order valence-corrected chi connectivity index (χ3v) is 3.07. The molecule has 5 heteroatoms. The Morgan fingerprint density at radius 2 is 2.44 bits per heavy atom. The van der Waals surface area contributed by atoms with Crippen LogP contribution in [0.3, 0.4) is 0 Å². The van der Waals surface area contributed by atoms with E-state index in [1.165, 1.54) is 0 Å². The summed E-state index contributed by atoms with van der Waals surface area (Å²) in [5, 5.41) is 14.7. The zero-order valence-electron chi connectivity index (χ0n) is 10.1. The maximum Gasteiger partial charge on any atom is 0.219 e. The number of carbonyl (C=O) groups is 1. The van der Waals surface area contributed by atoms with Crippen LogP contribution in [0.5, 0.6) is 0 Å². The second-order valence-corrected chi connectivity index (χ2v) is 4.32. The van der Waals surface area contributed by atoms with Gasteiger partial charge in [0.2, 0.25) is 5.91 Å². The van der Waals surface area contributed by atoms with Crippen molar-refractivity contribution in [1.82, 2.24) is 10.2 Å². The molecule has 0 aromatic rings. The van der Waals surface area contributed by atoms with Gasteiger partial charge in [-0.05, 0) is 13.0 Å². The Bertz CT molecular complexity index is 266. The van der Waals surface area contributed by atoms with Gasteiger partial charge < -0.3 is 15.4 Å². The predicted molar refractivity (Wildman–Crippen MR) is 62.7 cm³/mol. The highest BCUT2D eigenvalue weighted by Gasteiger charge is 2.21. The van der Waals surface area contributed by atoms with E-state index in [0.29, 0.717) is 12.3 Å². The maximum absolute atomic E-state index is 11.0. The molecule has 0 aliphatic carbocycles. The Hall–Kier alpha value is -1.10. The van der Waals surface area contributed by atoms with Crippen LogP contribution in [0.15, 0.2) is 5.16 Å². The molecule has 1 rings (SSSR count). The Morgan fingerprint density at radius 3 is 3.00 bits per heavy atom. The smallest absolute Gasteiger partial charge is 0.219 e. The molecule has 1 amide bonds. The largest absolute Gasteiger partial charge is 0.411 e. The number of oxime groups is 1. The topological polar surface area (TPSA) is 64.9 Å². The number of likely N-dealkylation sites (tertiary alicyclic amines) is 1. The summed E-state index contributed by atoms with van der Waals surface area (Å²) in [6.07, 6.45) is 2.30. The molecule has 1 aliphatic rings. The average Bonchev–Trinajstić information content (AvgIpc) is 2.29. The molecule has 1 atom stereocenters. The van der Waals surface area contributed by atoms with Crippen molar-refractivity contribution in [2.24, 2.45) is 11.1 Å². The molecule has 1 aliphatic heterocycles. The molecule has 0 saturated carbocycles. The summed E-state index contributed by atoms with van der Waals surface area (Å²) in [5.74, 6) is 0.418. The van der Waals surface area contributed by atoms with Crippen LogP contribution in [0.2, 0.25) is 0 Å². The van der Waals surface area contributed by atoms with Crippen molar-refractivity contribution in [2.75, 3.05) is 26.7 Å². The highest BCUT2D eigenvalue weighted by molar-refractivity contribution is 5.87. The van der Waals surface area contributed by atoms with Crippen LogP contribution in [0.25, 0.3) is 0 Å². The molecule has 0 aromatic heterocycles. The van der Waals surface area contributed by atoms with Gasteiger partial charge in [0.15, 0.2) is 0 Å². The van der Waals surface area contributed by atoms with Gasteiger partial charge in [0, 0.05) is 38.9 Å². The van der Waals surface area contributed by atoms with Crippen molar-refractivity contribution in [3.05, 3.63) is 0 Å². The number of nitrogens with zero attached hydrogens (tertiary/aromatic N) is 2. The molecule has 0 radical (unpaired) electrons. The first-order valence-corrected chi connectivity index (χ1v) is 5.81. The van der Waals surface area contributed by atoms with Gasteiger partial charge >= 0.3 is 0 Å². The molecule has 2 N–H and O–H groups in total. The highest BCUT2D eigenvalue weighted by Crippen LogP contribution is 2.14. The third kappa shape index (κ3) is 3.81. The molecule has 1 fully saturated rings. The molecule has 5 nitrogen and oxygen atoms in total. The first-order chi connectivity index (χ1) is 7.67. The lowest BCUT2D eigenvalue weighted by Gasteiger charge is -2.31. The van der Waals surface area contributed by atoms with Gasteiger partial charge in [-0.25, -0.2) is 0 Å². The van der Waals surface area contributed by atoms with Crippen molar-refractivity contribution < 1.29 is 10.0 Å². The monoisotopic (exact) mass is 227 g/mol. The van der Waals surface area contributed by atoms with E-state index in [1.54, 1.807) is 7.05 Å². The molecular formula is C11H21N3O2. The second-order valence-electron chi connectivity index (χ2n) is 4.32. The van der Waals surface area contributed by atoms with E-state index in [9.17, 15) is 4.79 Å². The quantitative estimate of drug-likeness (QED) is 0.548. The fraction of sp³-hybridized carbons (Fsp3) is 0.818. The maximum atomic E-state index is 11.0. The number of piperidine rings is 1. The summed E-state index contributed by atoms with van der Waals surface area (Å²) < 4.78 is 0. The summed E-state index contributed by atoms with van der Waals surface area (Å²) in [6.45, 7) is 4.86. The van der Waals surface area contributed by atoms with Crippen LogP contribution in [0, 0.1) is 5.92 Å². The number of carbonyl (C=O) groups excluding carboxylic acids is 1. The van der Waals surface area contributed by atoms with E-state index in [0.717, 1.165) is 38.2 Å². The van der Waals surface area contributed by atoms with E-state index in [2.05, 4.69) is 22.3 Å². The van der Waals surface area contributed by atoms with E-state index < -0.39 is 0 Å². The Balaban J connectivity index is 2.23. The highest BCUT2D eigenvalue weighted by atomic mass is 16.4. The van der Waals surface area contributed by atoms with Gasteiger partial charge in [-0.2, -0.15) is 0 Å². The van der Waals surface area contributed by atoms with Crippen molar-refractivity contribution in [1.29, 1.82) is 0 Å². The van der Waals surface area contributed by atoms with Gasteiger partial charge in [0.1, 0.15) is 0 Å². The second kappa shape index (κ2) is 6.48. The number of hydrogen-bond donors (Lipinski definition) is 2. The van der Waals surface area contributed by atoms with Crippen molar-refractivity contribution in [2.45, 2.75) is 26.2 Å². The molecule has 0 bridgehead atoms. The minimum absolute atomic E-state index is 0.0997. The van der Waals surface area contributed by atoms with Crippen molar-refractivity contribution >= 4 is 11.6 Å². The molecule has 0 aromatic carbocycles. The summed E-state index contributed by atoms with van der Waals surface area (Å²) >= 11 is 0. The minimum atomic E-state index is 0.0997. The average molecular weight is 227 g/mol. The zero-order chi connectivity index (χ0) is 12.0. The Morgan fingerprint density at radius 1 is 1.69 bits per heavy atom. The zero-order valence-corrected chi connectivity index (χ0v) is 10.1. The molecular weight excluding hydrogens is 206 g/mol. The van der Waals surface area contributed by atoms with Gasteiger partial charge in [-0.15, -0.1) is 0 Å². The first kappa shape index (κ1) is 13.0. The van der Waals surface area contributed by atoms with Crippen LogP contribution in [-0.2, 0) is 4.79 Å². The van der Waals surface area contributed by atoms with Gasteiger partial charge in [-0.1, -0.05) is 12.1 Å². The molecule has 1 unspecified atom stereocenters. The molecule has 1 saturated heterocycles. The lowest BCUT2D eigenvalue weighted by Crippen LogP contribution is -2.40. The predicted octanol–water partition coefficient (Wildman–Crippen LogP) is 0.685. The van der Waals surface area contributed by atoms with Gasteiger partial charge in [0.05, 0.1) is 5.71 Å².